The molecule has 5 nitrogen and oxygen atoms in total. The number of carboxylic acids is 1. The molecule has 0 radical (unpaired) electrons. The molecule has 1 fully saturated rings. The minimum absolute atomic E-state index is 0.0692. The van der Waals surface area contributed by atoms with Gasteiger partial charge in [0.1, 0.15) is 5.82 Å². The number of carbonyl (C=O) groups is 1. The van der Waals surface area contributed by atoms with Crippen molar-refractivity contribution in [3.63, 3.8) is 0 Å². The van der Waals surface area contributed by atoms with Crippen LogP contribution in [0.1, 0.15) is 43.5 Å². The predicted octanol–water partition coefficient (Wildman–Crippen LogP) is 2.70. The molecule has 1 saturated heterocycles. The fourth-order valence-corrected chi connectivity index (χ4v) is 2.64. The third-order valence-electron chi connectivity index (χ3n) is 3.81. The van der Waals surface area contributed by atoms with Crippen molar-refractivity contribution in [1.82, 2.24) is 5.01 Å². The lowest BCUT2D eigenvalue weighted by molar-refractivity contribution is 0.0698. The number of nitrogens with one attached hydrogen (secondary N) is 1. The first-order chi connectivity index (χ1) is 9.40. The molecule has 6 heteroatoms. The first-order valence-electron chi connectivity index (χ1n) is 6.77. The van der Waals surface area contributed by atoms with Crippen molar-refractivity contribution >= 4 is 17.3 Å². The molecule has 1 heterocycles. The number of anilines is 2. The third-order valence-corrected chi connectivity index (χ3v) is 3.81. The molecule has 2 atom stereocenters. The Morgan fingerprint density at radius 3 is 2.55 bits per heavy atom. The molecule has 1 aromatic carbocycles. The lowest BCUT2D eigenvalue weighted by Gasteiger charge is -2.39. The summed E-state index contributed by atoms with van der Waals surface area (Å²) in [6.07, 6.45) is 3.20. The SMILES string of the molecule is CC1CCCC(C)N1Nc1cc(C(=O)O)c(N)cc1F. The van der Waals surface area contributed by atoms with Crippen LogP contribution < -0.4 is 11.2 Å². The Hall–Kier alpha value is -1.82. The Morgan fingerprint density at radius 2 is 2.00 bits per heavy atom. The van der Waals surface area contributed by atoms with E-state index in [2.05, 4.69) is 19.3 Å². The number of aromatic carboxylic acids is 1. The molecular weight excluding hydrogens is 261 g/mol. The quantitative estimate of drug-likeness (QED) is 0.742. The van der Waals surface area contributed by atoms with Gasteiger partial charge >= 0.3 is 5.97 Å². The molecule has 4 N–H and O–H groups in total. The number of nitrogen functional groups attached to an aromatic ring is 1. The highest BCUT2D eigenvalue weighted by Gasteiger charge is 2.26. The van der Waals surface area contributed by atoms with Gasteiger partial charge in [-0.05, 0) is 38.8 Å². The van der Waals surface area contributed by atoms with E-state index in [9.17, 15) is 9.18 Å². The first-order valence-corrected chi connectivity index (χ1v) is 6.77. The maximum Gasteiger partial charge on any atom is 0.337 e. The van der Waals surface area contributed by atoms with Gasteiger partial charge in [-0.25, -0.2) is 14.2 Å². The van der Waals surface area contributed by atoms with Gasteiger partial charge in [0.15, 0.2) is 0 Å². The Kier molecular flexibility index (Phi) is 4.13. The third kappa shape index (κ3) is 2.85. The zero-order valence-corrected chi connectivity index (χ0v) is 11.7. The molecule has 1 aromatic rings. The fraction of sp³-hybridized carbons (Fsp3) is 0.500. The van der Waals surface area contributed by atoms with Crippen LogP contribution in [0.3, 0.4) is 0 Å². The van der Waals surface area contributed by atoms with E-state index in [1.807, 2.05) is 5.01 Å². The van der Waals surface area contributed by atoms with Gasteiger partial charge in [-0.3, -0.25) is 0 Å². The molecule has 0 saturated carbocycles. The molecule has 2 rings (SSSR count). The summed E-state index contributed by atoms with van der Waals surface area (Å²) < 4.78 is 13.9. The zero-order valence-electron chi connectivity index (χ0n) is 11.7. The first kappa shape index (κ1) is 14.6. The number of piperidine rings is 1. The van der Waals surface area contributed by atoms with Gasteiger partial charge in [0.2, 0.25) is 0 Å². The van der Waals surface area contributed by atoms with Crippen molar-refractivity contribution in [3.8, 4) is 0 Å². The van der Waals surface area contributed by atoms with E-state index in [4.69, 9.17) is 10.8 Å². The normalized spacial score (nSPS) is 23.6. The van der Waals surface area contributed by atoms with Crippen LogP contribution >= 0.6 is 0 Å². The summed E-state index contributed by atoms with van der Waals surface area (Å²) in [4.78, 5) is 11.1. The van der Waals surface area contributed by atoms with E-state index in [0.717, 1.165) is 25.3 Å². The van der Waals surface area contributed by atoms with Crippen molar-refractivity contribution in [2.45, 2.75) is 45.2 Å². The molecule has 1 aliphatic rings. The topological polar surface area (TPSA) is 78.6 Å². The summed E-state index contributed by atoms with van der Waals surface area (Å²) >= 11 is 0. The summed E-state index contributed by atoms with van der Waals surface area (Å²) in [6, 6.07) is 2.83. The van der Waals surface area contributed by atoms with Gasteiger partial charge < -0.3 is 16.3 Å². The van der Waals surface area contributed by atoms with Crippen LogP contribution in [0, 0.1) is 5.82 Å². The summed E-state index contributed by atoms with van der Waals surface area (Å²) in [7, 11) is 0. The second-order valence-corrected chi connectivity index (χ2v) is 5.37. The minimum atomic E-state index is -1.16. The molecule has 0 aromatic heterocycles. The van der Waals surface area contributed by atoms with Crippen LogP contribution in [-0.4, -0.2) is 28.2 Å². The predicted molar refractivity (Wildman–Crippen MR) is 76.0 cm³/mol. The van der Waals surface area contributed by atoms with E-state index in [0.29, 0.717) is 0 Å². The highest BCUT2D eigenvalue weighted by molar-refractivity contribution is 5.94. The molecule has 0 aliphatic carbocycles. The Labute approximate surface area is 117 Å². The van der Waals surface area contributed by atoms with Crippen molar-refractivity contribution in [2.75, 3.05) is 11.2 Å². The number of hydrogen-bond donors (Lipinski definition) is 3. The van der Waals surface area contributed by atoms with Crippen molar-refractivity contribution in [3.05, 3.63) is 23.5 Å². The van der Waals surface area contributed by atoms with E-state index in [1.165, 1.54) is 6.07 Å². The van der Waals surface area contributed by atoms with E-state index >= 15 is 0 Å². The highest BCUT2D eigenvalue weighted by atomic mass is 19.1. The number of halogens is 1. The fourth-order valence-electron chi connectivity index (χ4n) is 2.64. The van der Waals surface area contributed by atoms with Crippen molar-refractivity contribution in [1.29, 1.82) is 0 Å². The highest BCUT2D eigenvalue weighted by Crippen LogP contribution is 2.27. The number of hydrazine groups is 1. The summed E-state index contributed by atoms with van der Waals surface area (Å²) in [6.45, 7) is 4.13. The van der Waals surface area contributed by atoms with E-state index < -0.39 is 11.8 Å². The van der Waals surface area contributed by atoms with Crippen molar-refractivity contribution < 1.29 is 14.3 Å². The molecule has 110 valence electrons. The minimum Gasteiger partial charge on any atom is -0.478 e. The Morgan fingerprint density at radius 1 is 1.40 bits per heavy atom. The van der Waals surface area contributed by atoms with Crippen molar-refractivity contribution in [2.24, 2.45) is 0 Å². The second-order valence-electron chi connectivity index (χ2n) is 5.37. The number of benzene rings is 1. The van der Waals surface area contributed by atoms with Gasteiger partial charge in [0.05, 0.1) is 11.3 Å². The molecule has 0 bridgehead atoms. The molecule has 20 heavy (non-hydrogen) atoms. The van der Waals surface area contributed by atoms with E-state index in [-0.39, 0.29) is 29.0 Å². The van der Waals surface area contributed by atoms with Crippen LogP contribution in [-0.2, 0) is 0 Å². The summed E-state index contributed by atoms with van der Waals surface area (Å²) in [5.74, 6) is -1.71. The lowest BCUT2D eigenvalue weighted by atomic mass is 10.00. The maximum absolute atomic E-state index is 13.9. The van der Waals surface area contributed by atoms with Crippen LogP contribution in [0.5, 0.6) is 0 Å². The average molecular weight is 281 g/mol. The molecule has 2 unspecified atom stereocenters. The van der Waals surface area contributed by atoms with Crippen LogP contribution in [0.25, 0.3) is 0 Å². The number of nitrogens with zero attached hydrogens (tertiary/aromatic N) is 1. The summed E-state index contributed by atoms with van der Waals surface area (Å²) in [5, 5.41) is 11.0. The smallest absolute Gasteiger partial charge is 0.337 e. The second kappa shape index (κ2) is 5.66. The molecule has 1 aliphatic heterocycles. The monoisotopic (exact) mass is 281 g/mol. The van der Waals surface area contributed by atoms with Gasteiger partial charge in [0.25, 0.3) is 0 Å². The zero-order chi connectivity index (χ0) is 14.9. The van der Waals surface area contributed by atoms with Gasteiger partial charge in [-0.2, -0.15) is 0 Å². The van der Waals surface area contributed by atoms with Crippen LogP contribution in [0.2, 0.25) is 0 Å². The van der Waals surface area contributed by atoms with Gasteiger partial charge in [0, 0.05) is 17.8 Å². The largest absolute Gasteiger partial charge is 0.478 e. The van der Waals surface area contributed by atoms with Crippen LogP contribution in [0.4, 0.5) is 15.8 Å². The average Bonchev–Trinajstić information content (AvgIpc) is 2.35. The maximum atomic E-state index is 13.9. The van der Waals surface area contributed by atoms with Gasteiger partial charge in [-0.1, -0.05) is 6.42 Å². The standard InChI is InChI=1S/C14H20FN3O2/c1-8-4-3-5-9(2)18(8)17-13-6-10(14(19)20)12(16)7-11(13)15/h6-9,17H,3-5,16H2,1-2H3,(H,19,20). The van der Waals surface area contributed by atoms with Gasteiger partial charge in [-0.15, -0.1) is 0 Å². The van der Waals surface area contributed by atoms with E-state index in [1.54, 1.807) is 0 Å². The number of hydrogen-bond acceptors (Lipinski definition) is 4. The number of rotatable bonds is 3. The number of carboxylic acid groups (broad SMARTS) is 1. The Bertz CT molecular complexity index is 511. The molecule has 0 amide bonds. The Balaban J connectivity index is 2.28. The molecule has 0 spiro atoms. The lowest BCUT2D eigenvalue weighted by Crippen LogP contribution is -2.47. The van der Waals surface area contributed by atoms with Crippen LogP contribution in [0.15, 0.2) is 12.1 Å². The molecular formula is C14H20FN3O2. The number of nitrogens with two attached hydrogens (primary N) is 1. The summed E-state index contributed by atoms with van der Waals surface area (Å²) in [5.41, 5.74) is 8.52.